The lowest BCUT2D eigenvalue weighted by molar-refractivity contribution is -0.139. The number of likely N-dealkylation sites (N-methyl/N-ethyl adjacent to an activating group) is 1. The van der Waals surface area contributed by atoms with E-state index < -0.39 is 34.4 Å². The first-order valence-electron chi connectivity index (χ1n) is 13.0. The third-order valence-corrected chi connectivity index (χ3v) is 9.65. The van der Waals surface area contributed by atoms with Crippen LogP contribution < -0.4 is 9.62 Å². The Hall–Kier alpha value is -3.27. The molecule has 7 nitrogen and oxygen atoms in total. The van der Waals surface area contributed by atoms with Crippen molar-refractivity contribution in [2.24, 2.45) is 0 Å². The Morgan fingerprint density at radius 3 is 2.09 bits per heavy atom. The number of nitrogens with zero attached hydrogens (tertiary/aromatic N) is 2. The largest absolute Gasteiger partial charge is 0.357 e. The highest BCUT2D eigenvalue weighted by Gasteiger charge is 2.34. The molecular weight excluding hydrogens is 652 g/mol. The van der Waals surface area contributed by atoms with Crippen molar-refractivity contribution >= 4 is 73.9 Å². The summed E-state index contributed by atoms with van der Waals surface area (Å²) in [4.78, 5) is 28.9. The van der Waals surface area contributed by atoms with Crippen molar-refractivity contribution in [3.05, 3.63) is 128 Å². The van der Waals surface area contributed by atoms with Gasteiger partial charge in [0.15, 0.2) is 0 Å². The van der Waals surface area contributed by atoms with E-state index >= 15 is 0 Å². The van der Waals surface area contributed by atoms with Crippen LogP contribution in [0.25, 0.3) is 0 Å². The van der Waals surface area contributed by atoms with E-state index in [0.717, 1.165) is 9.87 Å². The van der Waals surface area contributed by atoms with Crippen molar-refractivity contribution in [1.29, 1.82) is 0 Å². The number of sulfonamides is 1. The van der Waals surface area contributed by atoms with E-state index in [0.29, 0.717) is 15.6 Å². The molecule has 0 heterocycles. The van der Waals surface area contributed by atoms with Crippen molar-refractivity contribution < 1.29 is 18.0 Å². The molecule has 2 amide bonds. The predicted molar refractivity (Wildman–Crippen MR) is 172 cm³/mol. The van der Waals surface area contributed by atoms with Crippen LogP contribution in [0.5, 0.6) is 0 Å². The maximum Gasteiger partial charge on any atom is 0.264 e. The fraction of sp³-hybridized carbons (Fsp3) is 0.161. The molecule has 43 heavy (non-hydrogen) atoms. The molecule has 0 bridgehead atoms. The van der Waals surface area contributed by atoms with Crippen LogP contribution in [0.2, 0.25) is 20.1 Å². The van der Waals surface area contributed by atoms with E-state index in [4.69, 9.17) is 46.4 Å². The van der Waals surface area contributed by atoms with Gasteiger partial charge in [0, 0.05) is 30.1 Å². The number of benzene rings is 4. The number of rotatable bonds is 11. The van der Waals surface area contributed by atoms with Gasteiger partial charge in [0.2, 0.25) is 11.8 Å². The molecule has 224 valence electrons. The van der Waals surface area contributed by atoms with Gasteiger partial charge in [-0.3, -0.25) is 13.9 Å². The average molecular weight is 679 g/mol. The fourth-order valence-electron chi connectivity index (χ4n) is 4.45. The molecular formula is C31H27Cl4N3O4S. The maximum absolute atomic E-state index is 14.3. The van der Waals surface area contributed by atoms with Crippen LogP contribution >= 0.6 is 46.4 Å². The molecule has 0 aliphatic rings. The van der Waals surface area contributed by atoms with Gasteiger partial charge in [-0.15, -0.1) is 0 Å². The summed E-state index contributed by atoms with van der Waals surface area (Å²) in [5.74, 6) is -1.06. The zero-order valence-corrected chi connectivity index (χ0v) is 26.7. The highest BCUT2D eigenvalue weighted by Crippen LogP contribution is 2.29. The van der Waals surface area contributed by atoms with E-state index in [1.165, 1.54) is 48.3 Å². The van der Waals surface area contributed by atoms with Crippen LogP contribution in [0, 0.1) is 0 Å². The molecule has 1 N–H and O–H groups in total. The van der Waals surface area contributed by atoms with Crippen LogP contribution in [-0.4, -0.2) is 44.8 Å². The van der Waals surface area contributed by atoms with Gasteiger partial charge in [0.05, 0.1) is 20.6 Å². The second kappa shape index (κ2) is 14.5. The molecule has 0 saturated carbocycles. The standard InChI is InChI=1S/C31H27Cl4N3O4S/c1-36-31(40)29(17-21-6-3-2-4-7-21)37(19-22-10-15-27(34)28(35)16-22)30(39)20-38(25-9-5-8-24(33)18-25)43(41,42)26-13-11-23(32)12-14-26/h2-16,18,29H,17,19-20H2,1H3,(H,36,40)/t29-/m0/s1. The molecule has 0 saturated heterocycles. The van der Waals surface area contributed by atoms with Gasteiger partial charge in [-0.05, 0) is 65.7 Å². The predicted octanol–water partition coefficient (Wildman–Crippen LogP) is 6.88. The normalized spacial score (nSPS) is 11.9. The molecule has 0 aliphatic carbocycles. The zero-order valence-electron chi connectivity index (χ0n) is 22.9. The summed E-state index contributed by atoms with van der Waals surface area (Å²) in [5, 5.41) is 3.88. The van der Waals surface area contributed by atoms with Crippen LogP contribution in [0.15, 0.2) is 102 Å². The van der Waals surface area contributed by atoms with Crippen molar-refractivity contribution in [2.45, 2.75) is 23.9 Å². The van der Waals surface area contributed by atoms with E-state index in [1.54, 1.807) is 30.3 Å². The number of nitrogens with one attached hydrogen (secondary N) is 1. The molecule has 4 aromatic rings. The molecule has 0 aliphatic heterocycles. The topological polar surface area (TPSA) is 86.8 Å². The van der Waals surface area contributed by atoms with Crippen LogP contribution in [-0.2, 0) is 32.6 Å². The molecule has 0 fully saturated rings. The summed E-state index contributed by atoms with van der Waals surface area (Å²) in [6, 6.07) is 24.9. The molecule has 0 aromatic heterocycles. The third kappa shape index (κ3) is 8.22. The fourth-order valence-corrected chi connectivity index (χ4v) is 6.49. The second-order valence-electron chi connectivity index (χ2n) is 9.54. The van der Waals surface area contributed by atoms with E-state index in [2.05, 4.69) is 5.32 Å². The minimum absolute atomic E-state index is 0.0506. The lowest BCUT2D eigenvalue weighted by Crippen LogP contribution is -2.53. The van der Waals surface area contributed by atoms with Crippen LogP contribution in [0.4, 0.5) is 5.69 Å². The first-order valence-corrected chi connectivity index (χ1v) is 16.0. The number of anilines is 1. The summed E-state index contributed by atoms with van der Waals surface area (Å²) >= 11 is 24.6. The first kappa shape index (κ1) is 32.6. The smallest absolute Gasteiger partial charge is 0.264 e. The molecule has 0 unspecified atom stereocenters. The van der Waals surface area contributed by atoms with Crippen molar-refractivity contribution in [3.8, 4) is 0 Å². The second-order valence-corrected chi connectivity index (χ2v) is 13.1. The minimum atomic E-state index is -4.28. The van der Waals surface area contributed by atoms with Gasteiger partial charge in [-0.2, -0.15) is 0 Å². The first-order chi connectivity index (χ1) is 20.5. The van der Waals surface area contributed by atoms with Crippen molar-refractivity contribution in [1.82, 2.24) is 10.2 Å². The number of hydrogen-bond donors (Lipinski definition) is 1. The molecule has 0 radical (unpaired) electrons. The van der Waals surface area contributed by atoms with E-state index in [9.17, 15) is 18.0 Å². The average Bonchev–Trinajstić information content (AvgIpc) is 2.99. The molecule has 12 heteroatoms. The summed E-state index contributed by atoms with van der Waals surface area (Å²) in [5.41, 5.74) is 1.58. The number of halogens is 4. The Morgan fingerprint density at radius 1 is 0.767 bits per heavy atom. The van der Waals surface area contributed by atoms with Crippen molar-refractivity contribution in [3.63, 3.8) is 0 Å². The number of amides is 2. The summed E-state index contributed by atoms with van der Waals surface area (Å²) in [6.45, 7) is -0.681. The lowest BCUT2D eigenvalue weighted by atomic mass is 10.0. The molecule has 0 spiro atoms. The van der Waals surface area contributed by atoms with Crippen LogP contribution in [0.3, 0.4) is 0 Å². The number of hydrogen-bond acceptors (Lipinski definition) is 4. The van der Waals surface area contributed by atoms with Crippen molar-refractivity contribution in [2.75, 3.05) is 17.9 Å². The number of carbonyl (C=O) groups is 2. The highest BCUT2D eigenvalue weighted by atomic mass is 35.5. The molecule has 4 aromatic carbocycles. The van der Waals surface area contributed by atoms with Gasteiger partial charge in [-0.1, -0.05) is 88.9 Å². The lowest BCUT2D eigenvalue weighted by Gasteiger charge is -2.33. The summed E-state index contributed by atoms with van der Waals surface area (Å²) in [7, 11) is -2.80. The van der Waals surface area contributed by atoms with Gasteiger partial charge < -0.3 is 10.2 Å². The Balaban J connectivity index is 1.80. The Bertz CT molecular complexity index is 1700. The SMILES string of the molecule is CNC(=O)[C@H](Cc1ccccc1)N(Cc1ccc(Cl)c(Cl)c1)C(=O)CN(c1cccc(Cl)c1)S(=O)(=O)c1ccc(Cl)cc1. The summed E-state index contributed by atoms with van der Waals surface area (Å²) in [6.07, 6.45) is 0.175. The highest BCUT2D eigenvalue weighted by molar-refractivity contribution is 7.92. The van der Waals surface area contributed by atoms with Gasteiger partial charge >= 0.3 is 0 Å². The Kier molecular flexibility index (Phi) is 11.0. The van der Waals surface area contributed by atoms with Crippen LogP contribution in [0.1, 0.15) is 11.1 Å². The summed E-state index contributed by atoms with van der Waals surface area (Å²) < 4.78 is 28.9. The van der Waals surface area contributed by atoms with Gasteiger partial charge in [0.1, 0.15) is 12.6 Å². The van der Waals surface area contributed by atoms with Gasteiger partial charge in [-0.25, -0.2) is 8.42 Å². The zero-order chi connectivity index (χ0) is 31.1. The Morgan fingerprint density at radius 2 is 1.47 bits per heavy atom. The minimum Gasteiger partial charge on any atom is -0.357 e. The third-order valence-electron chi connectivity index (χ3n) is 6.63. The van der Waals surface area contributed by atoms with Gasteiger partial charge in [0.25, 0.3) is 10.0 Å². The Labute approximate surface area is 271 Å². The molecule has 1 atom stereocenters. The van der Waals surface area contributed by atoms with E-state index in [-0.39, 0.29) is 33.6 Å². The van der Waals surface area contributed by atoms with E-state index in [1.807, 2.05) is 30.3 Å². The monoisotopic (exact) mass is 677 g/mol. The number of carbonyl (C=O) groups excluding carboxylic acids is 2. The maximum atomic E-state index is 14.3. The quantitative estimate of drug-likeness (QED) is 0.187. The molecule has 4 rings (SSSR count).